The highest BCUT2D eigenvalue weighted by Crippen LogP contribution is 2.27. The fourth-order valence-corrected chi connectivity index (χ4v) is 1.83. The number of quaternary nitrogens is 1. The van der Waals surface area contributed by atoms with Crippen molar-refractivity contribution in [3.8, 4) is 0 Å². The van der Waals surface area contributed by atoms with Crippen molar-refractivity contribution in [1.82, 2.24) is 0 Å². The van der Waals surface area contributed by atoms with Crippen LogP contribution in [-0.2, 0) is 0 Å². The summed E-state index contributed by atoms with van der Waals surface area (Å²) in [6, 6.07) is 0.457. The molecule has 1 aliphatic rings. The van der Waals surface area contributed by atoms with Crippen LogP contribution >= 0.6 is 0 Å². The standard InChI is InChI=1S/C10H23N2/c1-10(2,3)12(4)7-5-9(11)6-8-12/h9H,5-8,11H2,1-4H3/q+1. The van der Waals surface area contributed by atoms with Crippen LogP contribution in [0.3, 0.4) is 0 Å². The van der Waals surface area contributed by atoms with E-state index in [4.69, 9.17) is 5.73 Å². The van der Waals surface area contributed by atoms with Gasteiger partial charge in [-0.15, -0.1) is 0 Å². The number of hydrogen-bond donors (Lipinski definition) is 1. The van der Waals surface area contributed by atoms with E-state index in [1.807, 2.05) is 0 Å². The van der Waals surface area contributed by atoms with Gasteiger partial charge in [-0.25, -0.2) is 0 Å². The zero-order valence-electron chi connectivity index (χ0n) is 8.93. The van der Waals surface area contributed by atoms with Crippen molar-refractivity contribution in [3.63, 3.8) is 0 Å². The molecule has 0 bridgehead atoms. The Bertz CT molecular complexity index is 150. The largest absolute Gasteiger partial charge is 0.327 e. The van der Waals surface area contributed by atoms with Gasteiger partial charge in [0.1, 0.15) is 0 Å². The number of nitrogens with zero attached hydrogens (tertiary/aromatic N) is 1. The van der Waals surface area contributed by atoms with Crippen molar-refractivity contribution < 1.29 is 4.48 Å². The molecule has 0 amide bonds. The van der Waals surface area contributed by atoms with Crippen LogP contribution < -0.4 is 5.73 Å². The second-order valence-electron chi connectivity index (χ2n) is 5.35. The van der Waals surface area contributed by atoms with Crippen molar-refractivity contribution in [2.75, 3.05) is 20.1 Å². The molecule has 1 heterocycles. The minimum absolute atomic E-state index is 0.375. The van der Waals surface area contributed by atoms with Crippen molar-refractivity contribution >= 4 is 0 Å². The summed E-state index contributed by atoms with van der Waals surface area (Å²) in [5.41, 5.74) is 6.26. The molecule has 0 saturated carbocycles. The summed E-state index contributed by atoms with van der Waals surface area (Å²) in [5.74, 6) is 0. The van der Waals surface area contributed by atoms with Crippen LogP contribution in [0.2, 0.25) is 0 Å². The Balaban J connectivity index is 2.62. The van der Waals surface area contributed by atoms with Crippen molar-refractivity contribution in [2.24, 2.45) is 5.73 Å². The fraction of sp³-hybridized carbons (Fsp3) is 1.00. The highest BCUT2D eigenvalue weighted by molar-refractivity contribution is 4.71. The number of nitrogens with two attached hydrogens (primary N) is 1. The average molecular weight is 171 g/mol. The number of rotatable bonds is 0. The second kappa shape index (κ2) is 3.00. The summed E-state index contributed by atoms with van der Waals surface area (Å²) >= 11 is 0. The maximum Gasteiger partial charge on any atom is 0.0905 e. The van der Waals surface area contributed by atoms with Gasteiger partial charge in [0, 0.05) is 18.9 Å². The predicted octanol–water partition coefficient (Wildman–Crippen LogP) is 1.35. The lowest BCUT2D eigenvalue weighted by molar-refractivity contribution is -0.957. The van der Waals surface area contributed by atoms with Gasteiger partial charge in [0.15, 0.2) is 0 Å². The highest BCUT2D eigenvalue weighted by Gasteiger charge is 2.38. The van der Waals surface area contributed by atoms with E-state index >= 15 is 0 Å². The van der Waals surface area contributed by atoms with E-state index in [9.17, 15) is 0 Å². The van der Waals surface area contributed by atoms with Gasteiger partial charge in [-0.2, -0.15) is 0 Å². The maximum absolute atomic E-state index is 5.89. The highest BCUT2D eigenvalue weighted by atomic mass is 15.4. The fourth-order valence-electron chi connectivity index (χ4n) is 1.83. The normalized spacial score (nSPS) is 38.2. The summed E-state index contributed by atoms with van der Waals surface area (Å²) in [7, 11) is 2.35. The minimum Gasteiger partial charge on any atom is -0.327 e. The topological polar surface area (TPSA) is 26.0 Å². The smallest absolute Gasteiger partial charge is 0.0905 e. The Labute approximate surface area is 76.3 Å². The summed E-state index contributed by atoms with van der Waals surface area (Å²) in [6.07, 6.45) is 2.38. The van der Waals surface area contributed by atoms with Crippen LogP contribution in [0.1, 0.15) is 33.6 Å². The molecule has 0 spiro atoms. The first-order valence-electron chi connectivity index (χ1n) is 4.95. The summed E-state index contributed by atoms with van der Waals surface area (Å²) < 4.78 is 1.18. The van der Waals surface area contributed by atoms with E-state index in [0.29, 0.717) is 11.6 Å². The van der Waals surface area contributed by atoms with Crippen molar-refractivity contribution in [1.29, 1.82) is 0 Å². The molecular weight excluding hydrogens is 148 g/mol. The quantitative estimate of drug-likeness (QED) is 0.547. The third-order valence-corrected chi connectivity index (χ3v) is 3.61. The number of piperidine rings is 1. The SMILES string of the molecule is CC(C)(C)[N+]1(C)CCC(N)CC1. The van der Waals surface area contributed by atoms with Gasteiger partial charge in [-0.1, -0.05) is 0 Å². The summed E-state index contributed by atoms with van der Waals surface area (Å²) in [5, 5.41) is 0. The van der Waals surface area contributed by atoms with E-state index in [-0.39, 0.29) is 0 Å². The monoisotopic (exact) mass is 171 g/mol. The molecule has 1 aliphatic heterocycles. The van der Waals surface area contributed by atoms with Gasteiger partial charge in [-0.05, 0) is 20.8 Å². The Hall–Kier alpha value is -0.0800. The Morgan fingerprint density at radius 1 is 1.17 bits per heavy atom. The Morgan fingerprint density at radius 3 is 1.92 bits per heavy atom. The molecule has 2 heteroatoms. The van der Waals surface area contributed by atoms with Gasteiger partial charge in [0.25, 0.3) is 0 Å². The molecule has 0 aromatic rings. The van der Waals surface area contributed by atoms with Crippen LogP contribution in [0.5, 0.6) is 0 Å². The first-order valence-corrected chi connectivity index (χ1v) is 4.95. The van der Waals surface area contributed by atoms with Crippen LogP contribution in [0.4, 0.5) is 0 Å². The maximum atomic E-state index is 5.89. The van der Waals surface area contributed by atoms with Gasteiger partial charge in [0.2, 0.25) is 0 Å². The molecule has 0 radical (unpaired) electrons. The molecule has 2 N–H and O–H groups in total. The van der Waals surface area contributed by atoms with Crippen LogP contribution in [0.15, 0.2) is 0 Å². The Kier molecular flexibility index (Phi) is 2.50. The average Bonchev–Trinajstić information content (AvgIpc) is 1.93. The molecule has 12 heavy (non-hydrogen) atoms. The molecule has 72 valence electrons. The summed E-state index contributed by atoms with van der Waals surface area (Å²) in [4.78, 5) is 0. The van der Waals surface area contributed by atoms with Gasteiger partial charge in [0.05, 0.1) is 25.7 Å². The molecule has 1 saturated heterocycles. The number of hydrogen-bond acceptors (Lipinski definition) is 1. The third kappa shape index (κ3) is 1.80. The molecule has 0 aromatic heterocycles. The first-order chi connectivity index (χ1) is 5.35. The predicted molar refractivity (Wildman–Crippen MR) is 52.9 cm³/mol. The molecule has 0 aromatic carbocycles. The lowest BCUT2D eigenvalue weighted by Gasteiger charge is -2.49. The molecule has 1 rings (SSSR count). The van der Waals surface area contributed by atoms with Gasteiger partial charge < -0.3 is 10.2 Å². The van der Waals surface area contributed by atoms with E-state index in [2.05, 4.69) is 27.8 Å². The first kappa shape index (κ1) is 10.0. The lowest BCUT2D eigenvalue weighted by atomic mass is 9.95. The third-order valence-electron chi connectivity index (χ3n) is 3.61. The van der Waals surface area contributed by atoms with Crippen LogP contribution in [0, 0.1) is 0 Å². The van der Waals surface area contributed by atoms with Gasteiger partial charge >= 0.3 is 0 Å². The molecule has 1 fully saturated rings. The van der Waals surface area contributed by atoms with Crippen LogP contribution in [-0.4, -0.2) is 36.2 Å². The van der Waals surface area contributed by atoms with Gasteiger partial charge in [-0.3, -0.25) is 0 Å². The zero-order valence-corrected chi connectivity index (χ0v) is 8.93. The minimum atomic E-state index is 0.375. The molecule has 0 unspecified atom stereocenters. The van der Waals surface area contributed by atoms with E-state index in [1.54, 1.807) is 0 Å². The lowest BCUT2D eigenvalue weighted by Crippen LogP contribution is -2.62. The van der Waals surface area contributed by atoms with Crippen LogP contribution in [0.25, 0.3) is 0 Å². The number of likely N-dealkylation sites (tertiary alicyclic amines) is 1. The summed E-state index contributed by atoms with van der Waals surface area (Å²) in [6.45, 7) is 9.45. The Morgan fingerprint density at radius 2 is 1.58 bits per heavy atom. The van der Waals surface area contributed by atoms with E-state index < -0.39 is 0 Å². The van der Waals surface area contributed by atoms with E-state index in [1.165, 1.54) is 30.4 Å². The second-order valence-corrected chi connectivity index (χ2v) is 5.35. The molecule has 0 aliphatic carbocycles. The zero-order chi connectivity index (χ0) is 9.41. The molecule has 2 nitrogen and oxygen atoms in total. The molecular formula is C10H23N2+. The van der Waals surface area contributed by atoms with Crippen molar-refractivity contribution in [2.45, 2.75) is 45.2 Å². The van der Waals surface area contributed by atoms with Crippen molar-refractivity contribution in [3.05, 3.63) is 0 Å². The molecule has 0 atom stereocenters. The van der Waals surface area contributed by atoms with E-state index in [0.717, 1.165) is 0 Å².